The Balaban J connectivity index is 0.00000106. The summed E-state index contributed by atoms with van der Waals surface area (Å²) < 4.78 is 0. The number of rotatable bonds is 3. The van der Waals surface area contributed by atoms with Crippen LogP contribution in [0.5, 0.6) is 0 Å². The SMILES string of the molecule is CCN(CC)c1ccc([N+]#N)c(C)c1.[Cl][Zn-]. The van der Waals surface area contributed by atoms with Crippen molar-refractivity contribution in [2.45, 2.75) is 20.8 Å². The zero-order valence-corrected chi connectivity index (χ0v) is 13.8. The number of benzene rings is 1. The van der Waals surface area contributed by atoms with Crippen molar-refractivity contribution < 1.29 is 17.3 Å². The number of halogens is 1. The normalized spacial score (nSPS) is 8.62. The van der Waals surface area contributed by atoms with Gasteiger partial charge in [0, 0.05) is 30.4 Å². The molecule has 0 saturated carbocycles. The van der Waals surface area contributed by atoms with Crippen molar-refractivity contribution in [2.24, 2.45) is 0 Å². The molecule has 1 aromatic carbocycles. The van der Waals surface area contributed by atoms with Gasteiger partial charge in [-0.2, -0.15) is 0 Å². The minimum absolute atomic E-state index is 0.640. The summed E-state index contributed by atoms with van der Waals surface area (Å²) >= 11 is 0.847. The van der Waals surface area contributed by atoms with Crippen molar-refractivity contribution >= 4 is 21.1 Å². The van der Waals surface area contributed by atoms with Gasteiger partial charge >= 0.3 is 32.7 Å². The van der Waals surface area contributed by atoms with Gasteiger partial charge in [-0.25, -0.2) is 0 Å². The number of diazo groups is 1. The summed E-state index contributed by atoms with van der Waals surface area (Å²) in [4.78, 5) is 5.46. The zero-order chi connectivity index (χ0) is 12.6. The third kappa shape index (κ3) is 4.08. The van der Waals surface area contributed by atoms with Gasteiger partial charge in [0.25, 0.3) is 0 Å². The van der Waals surface area contributed by atoms with E-state index in [1.807, 2.05) is 25.1 Å². The molecule has 0 saturated heterocycles. The summed E-state index contributed by atoms with van der Waals surface area (Å²) in [6.45, 7) is 8.19. The predicted octanol–water partition coefficient (Wildman–Crippen LogP) is 4.01. The van der Waals surface area contributed by atoms with E-state index in [1.54, 1.807) is 0 Å². The van der Waals surface area contributed by atoms with Gasteiger partial charge in [0.05, 0.1) is 0 Å². The van der Waals surface area contributed by atoms with Gasteiger partial charge in [0.1, 0.15) is 0 Å². The first kappa shape index (κ1) is 15.4. The van der Waals surface area contributed by atoms with E-state index in [0.29, 0.717) is 5.69 Å². The van der Waals surface area contributed by atoms with Crippen molar-refractivity contribution in [3.8, 4) is 0 Å². The zero-order valence-electron chi connectivity index (χ0n) is 10.1. The van der Waals surface area contributed by atoms with Crippen LogP contribution in [0.1, 0.15) is 19.4 Å². The van der Waals surface area contributed by atoms with Crippen molar-refractivity contribution in [1.29, 1.82) is 5.39 Å². The summed E-state index contributed by atoms with van der Waals surface area (Å²) in [6.07, 6.45) is 0. The molecule has 5 heteroatoms. The fourth-order valence-electron chi connectivity index (χ4n) is 1.54. The predicted molar refractivity (Wildman–Crippen MR) is 65.3 cm³/mol. The third-order valence-electron chi connectivity index (χ3n) is 2.42. The van der Waals surface area contributed by atoms with Gasteiger partial charge < -0.3 is 4.90 Å². The summed E-state index contributed by atoms with van der Waals surface area (Å²) in [7, 11) is 4.76. The van der Waals surface area contributed by atoms with Crippen LogP contribution in [-0.4, -0.2) is 13.1 Å². The first-order chi connectivity index (χ1) is 7.72. The Kier molecular flexibility index (Phi) is 8.16. The minimum atomic E-state index is 0.640. The maximum atomic E-state index is 8.67. The number of hydrogen-bond acceptors (Lipinski definition) is 2. The Morgan fingerprint density at radius 2 is 1.88 bits per heavy atom. The summed E-state index contributed by atoms with van der Waals surface area (Å²) in [6, 6.07) is 5.86. The van der Waals surface area contributed by atoms with E-state index in [2.05, 4.69) is 23.7 Å². The molecule has 1 aromatic rings. The molecule has 16 heavy (non-hydrogen) atoms. The molecular formula is C11H16ClN3Zn. The Hall–Kier alpha value is -0.647. The summed E-state index contributed by atoms with van der Waals surface area (Å²) in [5, 5.41) is 8.67. The Morgan fingerprint density at radius 1 is 1.31 bits per heavy atom. The van der Waals surface area contributed by atoms with Crippen LogP contribution < -0.4 is 4.90 Å². The standard InChI is InChI=1S/C11H16N3.ClH.Zn/c1-4-14(5-2)10-6-7-11(13-12)9(3)8-10;;/h6-8H,4-5H2,1-3H3;1H;/q+1;;/p-1. The van der Waals surface area contributed by atoms with E-state index in [1.165, 1.54) is 5.69 Å². The van der Waals surface area contributed by atoms with E-state index < -0.39 is 0 Å². The van der Waals surface area contributed by atoms with Crippen LogP contribution in [0.25, 0.3) is 4.98 Å². The Morgan fingerprint density at radius 3 is 2.25 bits per heavy atom. The molecule has 0 amide bonds. The molecule has 0 aromatic heterocycles. The van der Waals surface area contributed by atoms with Gasteiger partial charge in [-0.15, -0.1) is 0 Å². The molecule has 3 nitrogen and oxygen atoms in total. The maximum absolute atomic E-state index is 8.67. The number of nitrogens with zero attached hydrogens (tertiary/aromatic N) is 3. The van der Waals surface area contributed by atoms with Crippen LogP contribution in [0.15, 0.2) is 18.2 Å². The monoisotopic (exact) mass is 289 g/mol. The van der Waals surface area contributed by atoms with Crippen LogP contribution in [0.2, 0.25) is 0 Å². The molecule has 0 unspecified atom stereocenters. The molecule has 0 spiro atoms. The van der Waals surface area contributed by atoms with E-state index in [4.69, 9.17) is 15.1 Å². The van der Waals surface area contributed by atoms with Crippen molar-refractivity contribution in [3.05, 3.63) is 28.7 Å². The van der Waals surface area contributed by atoms with E-state index in [-0.39, 0.29) is 0 Å². The van der Waals surface area contributed by atoms with Gasteiger partial charge in [0.15, 0.2) is 4.98 Å². The van der Waals surface area contributed by atoms with Crippen LogP contribution in [-0.2, 0) is 17.3 Å². The average Bonchev–Trinajstić information content (AvgIpc) is 2.33. The first-order valence-electron chi connectivity index (χ1n) is 5.20. The summed E-state index contributed by atoms with van der Waals surface area (Å²) in [5.74, 6) is 0. The average molecular weight is 291 g/mol. The Bertz CT molecular complexity index is 359. The molecule has 84 valence electrons. The number of anilines is 1. The molecule has 0 aliphatic rings. The van der Waals surface area contributed by atoms with E-state index in [9.17, 15) is 0 Å². The molecule has 0 aliphatic carbocycles. The number of hydrogen-bond donors (Lipinski definition) is 0. The van der Waals surface area contributed by atoms with Crippen molar-refractivity contribution in [1.82, 2.24) is 0 Å². The van der Waals surface area contributed by atoms with Gasteiger partial charge in [0.2, 0.25) is 5.39 Å². The van der Waals surface area contributed by atoms with E-state index in [0.717, 1.165) is 36.0 Å². The van der Waals surface area contributed by atoms with E-state index >= 15 is 0 Å². The Labute approximate surface area is 111 Å². The van der Waals surface area contributed by atoms with Gasteiger partial charge in [-0.05, 0) is 32.9 Å². The summed E-state index contributed by atoms with van der Waals surface area (Å²) in [5.41, 5.74) is 2.82. The molecule has 0 heterocycles. The van der Waals surface area contributed by atoms with Crippen molar-refractivity contribution in [2.75, 3.05) is 18.0 Å². The molecule has 0 radical (unpaired) electrons. The van der Waals surface area contributed by atoms with Crippen LogP contribution >= 0.6 is 9.69 Å². The molecule has 0 aliphatic heterocycles. The fraction of sp³-hybridized carbons (Fsp3) is 0.455. The molecular weight excluding hydrogens is 275 g/mol. The van der Waals surface area contributed by atoms with Crippen LogP contribution in [0.4, 0.5) is 11.4 Å². The first-order valence-corrected chi connectivity index (χ1v) is 9.10. The molecule has 0 N–H and O–H groups in total. The van der Waals surface area contributed by atoms with Gasteiger partial charge in [-0.3, -0.25) is 0 Å². The molecule has 1 rings (SSSR count). The van der Waals surface area contributed by atoms with Crippen molar-refractivity contribution in [3.63, 3.8) is 0 Å². The van der Waals surface area contributed by atoms with Crippen LogP contribution in [0, 0.1) is 12.3 Å². The number of aryl methyl sites for hydroxylation is 1. The van der Waals surface area contributed by atoms with Gasteiger partial charge in [-0.1, -0.05) is 0 Å². The fourth-order valence-corrected chi connectivity index (χ4v) is 1.54. The second-order valence-corrected chi connectivity index (χ2v) is 3.24. The van der Waals surface area contributed by atoms with Crippen LogP contribution in [0.3, 0.4) is 0 Å². The second kappa shape index (κ2) is 8.50. The second-order valence-electron chi connectivity index (χ2n) is 3.24. The molecule has 0 fully saturated rings. The third-order valence-corrected chi connectivity index (χ3v) is 2.42. The molecule has 0 bridgehead atoms. The molecule has 0 atom stereocenters. The quantitative estimate of drug-likeness (QED) is 0.622. The topological polar surface area (TPSA) is 31.4 Å².